The van der Waals surface area contributed by atoms with E-state index in [1.54, 1.807) is 13.2 Å². The van der Waals surface area contributed by atoms with Crippen LogP contribution in [-0.4, -0.2) is 26.0 Å². The number of ether oxygens (including phenoxy) is 3. The van der Waals surface area contributed by atoms with Crippen molar-refractivity contribution in [3.8, 4) is 17.2 Å². The predicted molar refractivity (Wildman–Crippen MR) is 164 cm³/mol. The number of carbonyl (C=O) groups is 2. The quantitative estimate of drug-likeness (QED) is 0.125. The van der Waals surface area contributed by atoms with Gasteiger partial charge in [0.15, 0.2) is 11.5 Å². The zero-order valence-electron chi connectivity index (χ0n) is 22.7. The Kier molecular flexibility index (Phi) is 9.82. The minimum absolute atomic E-state index is 0.115. The third-order valence-electron chi connectivity index (χ3n) is 6.59. The highest BCUT2D eigenvalue weighted by Gasteiger charge is 2.29. The first-order valence-corrected chi connectivity index (χ1v) is 14.4. The average Bonchev–Trinajstić information content (AvgIpc) is 2.95. The van der Waals surface area contributed by atoms with E-state index < -0.39 is 5.92 Å². The minimum atomic E-state index is -0.548. The Morgan fingerprint density at radius 1 is 0.775 bits per heavy atom. The van der Waals surface area contributed by atoms with Crippen molar-refractivity contribution in [2.24, 2.45) is 0 Å². The largest absolute Gasteiger partial charge is 0.496 e. The number of rotatable bonds is 10. The molecular formula is C33H30Br2O5. The van der Waals surface area contributed by atoms with Crippen LogP contribution < -0.4 is 9.47 Å². The lowest BCUT2D eigenvalue weighted by Gasteiger charge is -2.22. The van der Waals surface area contributed by atoms with Crippen molar-refractivity contribution in [1.29, 1.82) is 0 Å². The van der Waals surface area contributed by atoms with Crippen LogP contribution in [0.3, 0.4) is 0 Å². The molecule has 0 aliphatic carbocycles. The summed E-state index contributed by atoms with van der Waals surface area (Å²) < 4.78 is 18.3. The molecule has 4 rings (SSSR count). The zero-order chi connectivity index (χ0) is 28.8. The van der Waals surface area contributed by atoms with Crippen molar-refractivity contribution in [2.45, 2.75) is 32.1 Å². The molecule has 0 saturated carbocycles. The molecule has 0 N–H and O–H groups in total. The number of halogens is 2. The van der Waals surface area contributed by atoms with Crippen LogP contribution in [0.25, 0.3) is 0 Å². The highest BCUT2D eigenvalue weighted by Crippen LogP contribution is 2.43. The number of esters is 1. The van der Waals surface area contributed by atoms with E-state index in [1.807, 2.05) is 78.9 Å². The fraction of sp³-hybridized carbons (Fsp3) is 0.212. The lowest BCUT2D eigenvalue weighted by Crippen LogP contribution is -2.16. The molecule has 0 unspecified atom stereocenters. The summed E-state index contributed by atoms with van der Waals surface area (Å²) in [6.45, 7) is 4.13. The van der Waals surface area contributed by atoms with E-state index in [1.165, 1.54) is 7.11 Å². The van der Waals surface area contributed by atoms with Crippen LogP contribution in [0.4, 0.5) is 0 Å². The molecule has 0 aromatic heterocycles. The molecule has 0 aliphatic heterocycles. The molecule has 0 spiro atoms. The van der Waals surface area contributed by atoms with Crippen molar-refractivity contribution in [3.05, 3.63) is 122 Å². The minimum Gasteiger partial charge on any atom is -0.496 e. The van der Waals surface area contributed by atoms with Gasteiger partial charge in [0.05, 0.1) is 41.1 Å². The average molecular weight is 666 g/mol. The lowest BCUT2D eigenvalue weighted by atomic mass is 9.84. The van der Waals surface area contributed by atoms with Crippen molar-refractivity contribution < 1.29 is 23.8 Å². The third kappa shape index (κ3) is 6.65. The van der Waals surface area contributed by atoms with Crippen LogP contribution in [0.5, 0.6) is 17.2 Å². The Morgan fingerprint density at radius 3 is 1.80 bits per heavy atom. The number of hydrogen-bond donors (Lipinski definition) is 0. The molecule has 0 saturated heterocycles. The maximum Gasteiger partial charge on any atom is 0.309 e. The van der Waals surface area contributed by atoms with Crippen LogP contribution in [0.2, 0.25) is 0 Å². The van der Waals surface area contributed by atoms with E-state index in [4.69, 9.17) is 14.2 Å². The second-order valence-corrected chi connectivity index (χ2v) is 11.3. The Morgan fingerprint density at radius 2 is 1.32 bits per heavy atom. The van der Waals surface area contributed by atoms with Crippen molar-refractivity contribution in [2.75, 3.05) is 14.2 Å². The van der Waals surface area contributed by atoms with Gasteiger partial charge in [0.1, 0.15) is 11.5 Å². The predicted octanol–water partition coefficient (Wildman–Crippen LogP) is 8.87. The van der Waals surface area contributed by atoms with Crippen LogP contribution in [0, 0.1) is 0 Å². The van der Waals surface area contributed by atoms with Gasteiger partial charge in [-0.25, -0.2) is 0 Å². The Labute approximate surface area is 251 Å². The fourth-order valence-corrected chi connectivity index (χ4v) is 6.03. The molecule has 0 aliphatic rings. The number of Topliss-reactive ketones (excluding diaryl/α,β-unsaturated/α-hetero) is 1. The van der Waals surface area contributed by atoms with Crippen molar-refractivity contribution in [3.63, 3.8) is 0 Å². The molecule has 206 valence electrons. The summed E-state index contributed by atoms with van der Waals surface area (Å²) in [6, 6.07) is 26.7. The molecule has 7 heteroatoms. The SMILES string of the molecule is COC(=O)Cc1cc(Br)c(Oc2cc(C(C)C)c(OC)cc2C(=O)C(c2ccccc2)c2ccccc2)c(Br)c1. The number of carbonyl (C=O) groups excluding carboxylic acids is 2. The highest BCUT2D eigenvalue weighted by molar-refractivity contribution is 9.11. The van der Waals surface area contributed by atoms with Crippen molar-refractivity contribution in [1.82, 2.24) is 0 Å². The molecular weight excluding hydrogens is 636 g/mol. The van der Waals surface area contributed by atoms with Gasteiger partial charge < -0.3 is 14.2 Å². The van der Waals surface area contributed by atoms with E-state index in [2.05, 4.69) is 45.7 Å². The number of hydrogen-bond acceptors (Lipinski definition) is 5. The van der Waals surface area contributed by atoms with E-state index in [0.29, 0.717) is 31.8 Å². The standard InChI is InChI=1S/C33H30Br2O5/c1-20(2)24-18-29(40-33-26(34)15-21(16-27(33)35)17-30(36)39-4)25(19-28(24)38-3)32(37)31(22-11-7-5-8-12-22)23-13-9-6-10-14-23/h5-16,18-20,31H,17H2,1-4H3. The first-order chi connectivity index (χ1) is 19.2. The van der Waals surface area contributed by atoms with E-state index >= 15 is 0 Å². The first-order valence-electron chi connectivity index (χ1n) is 12.8. The summed E-state index contributed by atoms with van der Waals surface area (Å²) in [6.07, 6.45) is 0.119. The van der Waals surface area contributed by atoms with Gasteiger partial charge in [0.25, 0.3) is 0 Å². The van der Waals surface area contributed by atoms with Gasteiger partial charge >= 0.3 is 5.97 Å². The molecule has 4 aromatic rings. The lowest BCUT2D eigenvalue weighted by molar-refractivity contribution is -0.139. The molecule has 0 fully saturated rings. The van der Waals surface area contributed by atoms with Crippen molar-refractivity contribution >= 4 is 43.6 Å². The summed E-state index contributed by atoms with van der Waals surface area (Å²) in [5.41, 5.74) is 3.83. The normalized spacial score (nSPS) is 11.0. The fourth-order valence-electron chi connectivity index (χ4n) is 4.58. The molecule has 0 radical (unpaired) electrons. The van der Waals surface area contributed by atoms with E-state index in [-0.39, 0.29) is 24.1 Å². The van der Waals surface area contributed by atoms with Gasteiger partial charge in [0.2, 0.25) is 0 Å². The molecule has 0 heterocycles. The molecule has 0 atom stereocenters. The maximum absolute atomic E-state index is 14.5. The first kappa shape index (κ1) is 29.6. The monoisotopic (exact) mass is 664 g/mol. The molecule has 0 bridgehead atoms. The topological polar surface area (TPSA) is 61.8 Å². The second kappa shape index (κ2) is 13.3. The van der Waals surface area contributed by atoms with Gasteiger partial charge in [-0.1, -0.05) is 74.5 Å². The number of benzene rings is 4. The summed E-state index contributed by atoms with van der Waals surface area (Å²) in [5.74, 6) is 0.633. The highest BCUT2D eigenvalue weighted by atomic mass is 79.9. The molecule has 5 nitrogen and oxygen atoms in total. The van der Waals surface area contributed by atoms with Crippen LogP contribution in [-0.2, 0) is 16.0 Å². The Bertz CT molecular complexity index is 1440. The number of ketones is 1. The zero-order valence-corrected chi connectivity index (χ0v) is 25.9. The Hall–Kier alpha value is -3.42. The van der Waals surface area contributed by atoms with Gasteiger partial charge in [-0.2, -0.15) is 0 Å². The molecule has 40 heavy (non-hydrogen) atoms. The molecule has 4 aromatic carbocycles. The van der Waals surface area contributed by atoms with Gasteiger partial charge in [0, 0.05) is 5.56 Å². The van der Waals surface area contributed by atoms with Crippen LogP contribution >= 0.6 is 31.9 Å². The second-order valence-electron chi connectivity index (χ2n) is 9.61. The van der Waals surface area contributed by atoms with Crippen LogP contribution in [0.15, 0.2) is 93.9 Å². The van der Waals surface area contributed by atoms with E-state index in [0.717, 1.165) is 22.3 Å². The van der Waals surface area contributed by atoms with Gasteiger partial charge in [-0.3, -0.25) is 9.59 Å². The van der Waals surface area contributed by atoms with E-state index in [9.17, 15) is 9.59 Å². The summed E-state index contributed by atoms with van der Waals surface area (Å²) >= 11 is 7.18. The van der Waals surface area contributed by atoms with Gasteiger partial charge in [-0.05, 0) is 78.7 Å². The smallest absolute Gasteiger partial charge is 0.309 e. The summed E-state index contributed by atoms with van der Waals surface area (Å²) in [7, 11) is 2.96. The van der Waals surface area contributed by atoms with Gasteiger partial charge in [-0.15, -0.1) is 0 Å². The number of methoxy groups -OCH3 is 2. The molecule has 0 amide bonds. The maximum atomic E-state index is 14.5. The summed E-state index contributed by atoms with van der Waals surface area (Å²) in [5, 5.41) is 0. The third-order valence-corrected chi connectivity index (χ3v) is 7.77. The summed E-state index contributed by atoms with van der Waals surface area (Å²) in [4.78, 5) is 26.3. The van der Waals surface area contributed by atoms with Crippen LogP contribution in [0.1, 0.15) is 58.3 Å². The Balaban J connectivity index is 1.86.